The highest BCUT2D eigenvalue weighted by molar-refractivity contribution is 7.26. The van der Waals surface area contributed by atoms with Crippen LogP contribution in [0.15, 0.2) is 84.9 Å². The van der Waals surface area contributed by atoms with Gasteiger partial charge in [-0.15, -0.1) is 11.3 Å². The first-order chi connectivity index (χ1) is 17.3. The first-order valence-corrected chi connectivity index (χ1v) is 13.2. The van der Waals surface area contributed by atoms with Crippen LogP contribution in [0.2, 0.25) is 0 Å². The van der Waals surface area contributed by atoms with Gasteiger partial charge in [0.25, 0.3) is 0 Å². The highest BCUT2D eigenvalue weighted by Crippen LogP contribution is 2.43. The van der Waals surface area contributed by atoms with Gasteiger partial charge in [-0.2, -0.15) is 0 Å². The Morgan fingerprint density at radius 2 is 1.39 bits per heavy atom. The van der Waals surface area contributed by atoms with Crippen LogP contribution in [0.25, 0.3) is 53.1 Å². The lowest BCUT2D eigenvalue weighted by molar-refractivity contribution is 0.00578. The largest absolute Gasteiger partial charge is 0.494 e. The summed E-state index contributed by atoms with van der Waals surface area (Å²) in [5, 5.41) is 6.24. The number of rotatable bonds is 2. The number of thiophene rings is 1. The van der Waals surface area contributed by atoms with Gasteiger partial charge in [0.05, 0.1) is 22.4 Å². The number of pyridine rings is 1. The van der Waals surface area contributed by atoms with Gasteiger partial charge < -0.3 is 9.31 Å². The van der Waals surface area contributed by atoms with Crippen molar-refractivity contribution in [2.75, 3.05) is 0 Å². The molecule has 0 aliphatic carbocycles. The van der Waals surface area contributed by atoms with Crippen LogP contribution in [0, 0.1) is 0 Å². The fourth-order valence-electron chi connectivity index (χ4n) is 5.25. The molecular weight excluding hydrogens is 461 g/mol. The van der Waals surface area contributed by atoms with E-state index in [-0.39, 0.29) is 11.2 Å². The van der Waals surface area contributed by atoms with Crippen molar-refractivity contribution < 1.29 is 9.31 Å². The molecule has 2 aromatic heterocycles. The van der Waals surface area contributed by atoms with E-state index in [1.54, 1.807) is 0 Å². The molecule has 1 aliphatic rings. The maximum Gasteiger partial charge on any atom is 0.494 e. The molecule has 0 atom stereocenters. The molecular formula is C31H26BNO2S. The third kappa shape index (κ3) is 3.16. The van der Waals surface area contributed by atoms with Gasteiger partial charge in [-0.1, -0.05) is 72.8 Å². The van der Waals surface area contributed by atoms with Crippen molar-refractivity contribution in [2.45, 2.75) is 38.9 Å². The third-order valence-corrected chi connectivity index (χ3v) is 9.10. The Morgan fingerprint density at radius 1 is 0.694 bits per heavy atom. The molecule has 36 heavy (non-hydrogen) atoms. The maximum absolute atomic E-state index is 6.35. The van der Waals surface area contributed by atoms with Crippen LogP contribution in [0.4, 0.5) is 0 Å². The minimum absolute atomic E-state index is 0.381. The Balaban J connectivity index is 1.48. The van der Waals surface area contributed by atoms with Crippen molar-refractivity contribution in [3.63, 3.8) is 0 Å². The van der Waals surface area contributed by atoms with Crippen molar-refractivity contribution in [3.8, 4) is 11.3 Å². The average molecular weight is 487 g/mol. The lowest BCUT2D eigenvalue weighted by Gasteiger charge is -2.32. The van der Waals surface area contributed by atoms with E-state index in [9.17, 15) is 0 Å². The minimum atomic E-state index is -0.407. The van der Waals surface area contributed by atoms with Crippen LogP contribution in [0.5, 0.6) is 0 Å². The number of para-hydroxylation sites is 1. The van der Waals surface area contributed by atoms with Gasteiger partial charge in [-0.25, -0.2) is 4.98 Å². The predicted octanol–water partition coefficient (Wildman–Crippen LogP) is 7.72. The minimum Gasteiger partial charge on any atom is -0.399 e. The van der Waals surface area contributed by atoms with Gasteiger partial charge in [0.1, 0.15) is 0 Å². The van der Waals surface area contributed by atoms with E-state index in [4.69, 9.17) is 14.3 Å². The van der Waals surface area contributed by atoms with E-state index >= 15 is 0 Å². The highest BCUT2D eigenvalue weighted by Gasteiger charge is 2.51. The molecule has 4 aromatic carbocycles. The van der Waals surface area contributed by atoms with Gasteiger partial charge >= 0.3 is 7.12 Å². The van der Waals surface area contributed by atoms with E-state index in [2.05, 4.69) is 113 Å². The molecule has 0 saturated carbocycles. The van der Waals surface area contributed by atoms with Crippen LogP contribution in [0.3, 0.4) is 0 Å². The second-order valence-electron chi connectivity index (χ2n) is 10.7. The van der Waals surface area contributed by atoms with Crippen molar-refractivity contribution >= 4 is 65.8 Å². The van der Waals surface area contributed by atoms with Crippen LogP contribution in [-0.2, 0) is 9.31 Å². The first kappa shape index (κ1) is 22.0. The van der Waals surface area contributed by atoms with E-state index in [0.717, 1.165) is 22.2 Å². The molecule has 0 unspecified atom stereocenters. The van der Waals surface area contributed by atoms with Gasteiger partial charge in [-0.3, -0.25) is 0 Å². The second-order valence-corrected chi connectivity index (χ2v) is 11.7. The Hall–Kier alpha value is -3.25. The summed E-state index contributed by atoms with van der Waals surface area (Å²) in [5.74, 6) is 0. The molecule has 6 aromatic rings. The Morgan fingerprint density at radius 3 is 2.19 bits per heavy atom. The lowest BCUT2D eigenvalue weighted by Crippen LogP contribution is -2.41. The molecule has 176 valence electrons. The molecule has 1 fully saturated rings. The standard InChI is InChI=1S/C31H26BNO2S/c1-30(2)31(3,4)35-32(34-30)20-11-9-10-19(18-20)28-24-17-16-22-21-12-6-8-15-26(21)36-29(22)27(24)23-13-5-7-14-25(23)33-28/h5-18H,1-4H3. The lowest BCUT2D eigenvalue weighted by atomic mass is 9.78. The van der Waals surface area contributed by atoms with Crippen LogP contribution < -0.4 is 5.46 Å². The zero-order chi connectivity index (χ0) is 24.7. The summed E-state index contributed by atoms with van der Waals surface area (Å²) in [4.78, 5) is 5.18. The van der Waals surface area contributed by atoms with Crippen molar-refractivity contribution in [1.82, 2.24) is 4.98 Å². The molecule has 0 amide bonds. The van der Waals surface area contributed by atoms with Crippen LogP contribution >= 0.6 is 11.3 Å². The number of hydrogen-bond donors (Lipinski definition) is 0. The first-order valence-electron chi connectivity index (χ1n) is 12.4. The quantitative estimate of drug-likeness (QED) is 0.185. The van der Waals surface area contributed by atoms with Gasteiger partial charge in [-0.05, 0) is 45.3 Å². The highest BCUT2D eigenvalue weighted by atomic mass is 32.1. The van der Waals surface area contributed by atoms with Crippen molar-refractivity contribution in [2.24, 2.45) is 0 Å². The molecule has 1 aliphatic heterocycles. The molecule has 3 nitrogen and oxygen atoms in total. The van der Waals surface area contributed by atoms with Gasteiger partial charge in [0, 0.05) is 41.9 Å². The van der Waals surface area contributed by atoms with E-state index in [0.29, 0.717) is 0 Å². The molecule has 5 heteroatoms. The van der Waals surface area contributed by atoms with Crippen LogP contribution in [0.1, 0.15) is 27.7 Å². The Bertz CT molecular complexity index is 1800. The fourth-order valence-corrected chi connectivity index (χ4v) is 6.51. The van der Waals surface area contributed by atoms with Gasteiger partial charge in [0.2, 0.25) is 0 Å². The number of aromatic nitrogens is 1. The number of fused-ring (bicyclic) bond motifs is 7. The normalized spacial score (nSPS) is 17.1. The van der Waals surface area contributed by atoms with Crippen molar-refractivity contribution in [3.05, 3.63) is 84.9 Å². The number of benzene rings is 4. The topological polar surface area (TPSA) is 31.4 Å². The molecule has 7 rings (SSSR count). The molecule has 1 saturated heterocycles. The Kier molecular flexibility index (Phi) is 4.66. The summed E-state index contributed by atoms with van der Waals surface area (Å²) in [6.45, 7) is 8.36. The number of hydrogen-bond acceptors (Lipinski definition) is 4. The summed E-state index contributed by atoms with van der Waals surface area (Å²) in [7, 11) is -0.407. The summed E-state index contributed by atoms with van der Waals surface area (Å²) in [6.07, 6.45) is 0. The molecule has 0 radical (unpaired) electrons. The summed E-state index contributed by atoms with van der Waals surface area (Å²) < 4.78 is 15.3. The zero-order valence-corrected chi connectivity index (χ0v) is 21.6. The maximum atomic E-state index is 6.35. The zero-order valence-electron chi connectivity index (χ0n) is 20.8. The smallest absolute Gasteiger partial charge is 0.399 e. The summed E-state index contributed by atoms with van der Waals surface area (Å²) in [5.41, 5.74) is 3.31. The molecule has 0 spiro atoms. The second kappa shape index (κ2) is 7.63. The average Bonchev–Trinajstić information content (AvgIpc) is 3.36. The Labute approximate surface area is 214 Å². The fraction of sp³-hybridized carbons (Fsp3) is 0.194. The molecule has 0 N–H and O–H groups in total. The molecule has 3 heterocycles. The van der Waals surface area contributed by atoms with E-state index in [1.165, 1.54) is 36.3 Å². The number of nitrogens with zero attached hydrogens (tertiary/aromatic N) is 1. The van der Waals surface area contributed by atoms with Crippen molar-refractivity contribution in [1.29, 1.82) is 0 Å². The predicted molar refractivity (Wildman–Crippen MR) is 153 cm³/mol. The van der Waals surface area contributed by atoms with Crippen LogP contribution in [-0.4, -0.2) is 23.3 Å². The van der Waals surface area contributed by atoms with Gasteiger partial charge in [0.15, 0.2) is 0 Å². The monoisotopic (exact) mass is 487 g/mol. The summed E-state index contributed by atoms with van der Waals surface area (Å²) in [6, 6.07) is 30.1. The SMILES string of the molecule is CC1(C)OB(c2cccc(-c3nc4ccccc4c4c3ccc3c5ccccc5sc34)c2)OC1(C)C. The third-order valence-electron chi connectivity index (χ3n) is 7.89. The summed E-state index contributed by atoms with van der Waals surface area (Å²) >= 11 is 1.87. The molecule has 0 bridgehead atoms. The van der Waals surface area contributed by atoms with E-state index < -0.39 is 7.12 Å². The van der Waals surface area contributed by atoms with E-state index in [1.807, 2.05) is 11.3 Å².